The molecule has 0 saturated carbocycles. The Bertz CT molecular complexity index is 530. The van der Waals surface area contributed by atoms with Crippen molar-refractivity contribution in [3.8, 4) is 0 Å². The van der Waals surface area contributed by atoms with E-state index in [4.69, 9.17) is 5.73 Å². The Morgan fingerprint density at radius 1 is 1.47 bits per heavy atom. The van der Waals surface area contributed by atoms with Gasteiger partial charge in [-0.3, -0.25) is 4.98 Å². The molecule has 0 saturated heterocycles. The minimum atomic E-state index is 0.534. The SMILES string of the molecule is CC(N)=Nc1cccc2cc(Br)cnc12. The molecule has 1 aromatic carbocycles. The van der Waals surface area contributed by atoms with Crippen LogP contribution in [0.25, 0.3) is 10.9 Å². The second-order valence-electron chi connectivity index (χ2n) is 3.26. The lowest BCUT2D eigenvalue weighted by atomic mass is 10.2. The molecular formula is C11H10BrN3. The average Bonchev–Trinajstić information content (AvgIpc) is 2.16. The number of nitrogens with zero attached hydrogens (tertiary/aromatic N) is 2. The van der Waals surface area contributed by atoms with E-state index in [9.17, 15) is 0 Å². The van der Waals surface area contributed by atoms with Gasteiger partial charge in [-0.1, -0.05) is 12.1 Å². The molecule has 0 unspecified atom stereocenters. The maximum Gasteiger partial charge on any atom is 0.0965 e. The first-order valence-corrected chi connectivity index (χ1v) is 5.31. The number of para-hydroxylation sites is 1. The molecule has 0 spiro atoms. The van der Waals surface area contributed by atoms with Crippen molar-refractivity contribution in [3.63, 3.8) is 0 Å². The lowest BCUT2D eigenvalue weighted by molar-refractivity contribution is 1.36. The molecule has 2 aromatic rings. The standard InChI is InChI=1S/C11H10BrN3/c1-7(13)15-10-4-2-3-8-5-9(12)6-14-11(8)10/h2-6H,1H3,(H2,13,15). The summed E-state index contributed by atoms with van der Waals surface area (Å²) >= 11 is 3.38. The van der Waals surface area contributed by atoms with Crippen molar-refractivity contribution < 1.29 is 0 Å². The number of nitrogens with two attached hydrogens (primary N) is 1. The van der Waals surface area contributed by atoms with Crippen LogP contribution >= 0.6 is 15.9 Å². The van der Waals surface area contributed by atoms with Gasteiger partial charge in [-0.2, -0.15) is 0 Å². The Balaban J connectivity index is 2.71. The molecule has 0 bridgehead atoms. The third-order valence-corrected chi connectivity index (χ3v) is 2.39. The normalized spacial score (nSPS) is 12.0. The molecule has 76 valence electrons. The summed E-state index contributed by atoms with van der Waals surface area (Å²) in [6, 6.07) is 7.85. The van der Waals surface area contributed by atoms with Gasteiger partial charge >= 0.3 is 0 Å². The van der Waals surface area contributed by atoms with E-state index in [1.54, 1.807) is 13.1 Å². The summed E-state index contributed by atoms with van der Waals surface area (Å²) in [7, 11) is 0. The van der Waals surface area contributed by atoms with Crippen molar-refractivity contribution in [3.05, 3.63) is 34.9 Å². The maximum atomic E-state index is 5.56. The van der Waals surface area contributed by atoms with Gasteiger partial charge in [-0.15, -0.1) is 0 Å². The topological polar surface area (TPSA) is 51.3 Å². The number of aromatic nitrogens is 1. The van der Waals surface area contributed by atoms with Crippen LogP contribution in [0.4, 0.5) is 5.69 Å². The Kier molecular flexibility index (Phi) is 2.68. The molecule has 3 nitrogen and oxygen atoms in total. The molecule has 0 amide bonds. The van der Waals surface area contributed by atoms with Gasteiger partial charge in [0.05, 0.1) is 17.0 Å². The molecule has 15 heavy (non-hydrogen) atoms. The van der Waals surface area contributed by atoms with Crippen LogP contribution in [-0.4, -0.2) is 10.8 Å². The second kappa shape index (κ2) is 3.98. The van der Waals surface area contributed by atoms with E-state index in [1.165, 1.54) is 0 Å². The fourth-order valence-corrected chi connectivity index (χ4v) is 1.75. The lowest BCUT2D eigenvalue weighted by Gasteiger charge is -2.01. The number of hydrogen-bond donors (Lipinski definition) is 1. The molecule has 2 N–H and O–H groups in total. The van der Waals surface area contributed by atoms with Crippen molar-refractivity contribution in [2.45, 2.75) is 6.92 Å². The smallest absolute Gasteiger partial charge is 0.0965 e. The first-order valence-electron chi connectivity index (χ1n) is 4.52. The molecular weight excluding hydrogens is 254 g/mol. The van der Waals surface area contributed by atoms with E-state index in [0.717, 1.165) is 21.1 Å². The highest BCUT2D eigenvalue weighted by Crippen LogP contribution is 2.25. The lowest BCUT2D eigenvalue weighted by Crippen LogP contribution is -2.03. The van der Waals surface area contributed by atoms with Gasteiger partial charge in [0.1, 0.15) is 0 Å². The minimum absolute atomic E-state index is 0.534. The van der Waals surface area contributed by atoms with Crippen LogP contribution in [0.2, 0.25) is 0 Å². The van der Waals surface area contributed by atoms with E-state index in [0.29, 0.717) is 5.84 Å². The monoisotopic (exact) mass is 263 g/mol. The van der Waals surface area contributed by atoms with Crippen molar-refractivity contribution in [1.82, 2.24) is 4.98 Å². The number of hydrogen-bond acceptors (Lipinski definition) is 2. The Morgan fingerprint density at radius 2 is 2.27 bits per heavy atom. The van der Waals surface area contributed by atoms with Crippen LogP contribution in [0.5, 0.6) is 0 Å². The van der Waals surface area contributed by atoms with E-state index >= 15 is 0 Å². The van der Waals surface area contributed by atoms with Crippen LogP contribution in [0.15, 0.2) is 39.9 Å². The predicted octanol–water partition coefficient (Wildman–Crippen LogP) is 3.01. The first kappa shape index (κ1) is 10.1. The Hall–Kier alpha value is -1.42. The Labute approximate surface area is 96.2 Å². The molecule has 1 aromatic heterocycles. The molecule has 0 aliphatic heterocycles. The van der Waals surface area contributed by atoms with E-state index in [1.807, 2.05) is 24.3 Å². The number of pyridine rings is 1. The first-order chi connectivity index (χ1) is 7.16. The maximum absolute atomic E-state index is 5.56. The van der Waals surface area contributed by atoms with Crippen molar-refractivity contribution >= 4 is 38.4 Å². The molecule has 0 fully saturated rings. The highest BCUT2D eigenvalue weighted by molar-refractivity contribution is 9.10. The highest BCUT2D eigenvalue weighted by Gasteiger charge is 2.01. The van der Waals surface area contributed by atoms with Gasteiger partial charge in [0, 0.05) is 16.1 Å². The van der Waals surface area contributed by atoms with Crippen molar-refractivity contribution in [1.29, 1.82) is 0 Å². The second-order valence-corrected chi connectivity index (χ2v) is 4.17. The van der Waals surface area contributed by atoms with Crippen LogP contribution in [0.3, 0.4) is 0 Å². The third-order valence-electron chi connectivity index (χ3n) is 1.95. The van der Waals surface area contributed by atoms with Gasteiger partial charge in [-0.05, 0) is 35.0 Å². The summed E-state index contributed by atoms with van der Waals surface area (Å²) < 4.78 is 0.959. The molecule has 0 radical (unpaired) electrons. The quantitative estimate of drug-likeness (QED) is 0.635. The number of halogens is 1. The highest BCUT2D eigenvalue weighted by atomic mass is 79.9. The summed E-state index contributed by atoms with van der Waals surface area (Å²) in [6.45, 7) is 1.76. The molecule has 0 aliphatic rings. The fourth-order valence-electron chi connectivity index (χ4n) is 1.40. The molecule has 4 heteroatoms. The van der Waals surface area contributed by atoms with Crippen LogP contribution < -0.4 is 5.73 Å². The predicted molar refractivity (Wildman–Crippen MR) is 66.4 cm³/mol. The summed E-state index contributed by atoms with van der Waals surface area (Å²) in [4.78, 5) is 8.56. The van der Waals surface area contributed by atoms with Gasteiger partial charge in [-0.25, -0.2) is 4.99 Å². The zero-order valence-corrected chi connectivity index (χ0v) is 9.82. The fraction of sp³-hybridized carbons (Fsp3) is 0.0909. The van der Waals surface area contributed by atoms with Crippen molar-refractivity contribution in [2.24, 2.45) is 10.7 Å². The van der Waals surface area contributed by atoms with Gasteiger partial charge in [0.25, 0.3) is 0 Å². The van der Waals surface area contributed by atoms with Crippen molar-refractivity contribution in [2.75, 3.05) is 0 Å². The summed E-state index contributed by atoms with van der Waals surface area (Å²) in [5.41, 5.74) is 7.23. The average molecular weight is 264 g/mol. The number of rotatable bonds is 1. The van der Waals surface area contributed by atoms with Gasteiger partial charge in [0.15, 0.2) is 0 Å². The van der Waals surface area contributed by atoms with Crippen LogP contribution in [-0.2, 0) is 0 Å². The largest absolute Gasteiger partial charge is 0.387 e. The number of aliphatic imine (C=N–C) groups is 1. The van der Waals surface area contributed by atoms with Gasteiger partial charge < -0.3 is 5.73 Å². The zero-order valence-electron chi connectivity index (χ0n) is 8.24. The van der Waals surface area contributed by atoms with E-state index in [2.05, 4.69) is 25.9 Å². The third kappa shape index (κ3) is 2.15. The zero-order chi connectivity index (χ0) is 10.8. The molecule has 0 aliphatic carbocycles. The number of fused-ring (bicyclic) bond motifs is 1. The van der Waals surface area contributed by atoms with E-state index < -0.39 is 0 Å². The molecule has 2 rings (SSSR count). The summed E-state index contributed by atoms with van der Waals surface area (Å²) in [6.07, 6.45) is 1.76. The van der Waals surface area contributed by atoms with Crippen LogP contribution in [0.1, 0.15) is 6.92 Å². The van der Waals surface area contributed by atoms with Crippen LogP contribution in [0, 0.1) is 0 Å². The van der Waals surface area contributed by atoms with Gasteiger partial charge in [0.2, 0.25) is 0 Å². The Morgan fingerprint density at radius 3 is 3.00 bits per heavy atom. The van der Waals surface area contributed by atoms with E-state index in [-0.39, 0.29) is 0 Å². The molecule has 1 heterocycles. The number of benzene rings is 1. The number of amidine groups is 1. The molecule has 0 atom stereocenters. The minimum Gasteiger partial charge on any atom is -0.387 e. The summed E-state index contributed by atoms with van der Waals surface area (Å²) in [5, 5.41) is 1.05. The summed E-state index contributed by atoms with van der Waals surface area (Å²) in [5.74, 6) is 0.534.